The summed E-state index contributed by atoms with van der Waals surface area (Å²) in [4.78, 5) is 13.5. The third-order valence-corrected chi connectivity index (χ3v) is 4.64. The second kappa shape index (κ2) is 4.80. The van der Waals surface area contributed by atoms with Gasteiger partial charge in [-0.15, -0.1) is 0 Å². The van der Waals surface area contributed by atoms with Gasteiger partial charge in [-0.2, -0.15) is 0 Å². The number of aliphatic imine (C=N–C) groups is 3. The highest BCUT2D eigenvalue weighted by Crippen LogP contribution is 2.35. The van der Waals surface area contributed by atoms with E-state index >= 15 is 0 Å². The standard InChI is InChI=1S/C10H12IN5O4/c11-10-8(12)13-2-14-9(10)16(3-15-10)7-6(19)5(18)4(1-17)20-7/h2-7,12,17-19H,1H2/t4-,5-,6-,7-,10?/m1/s1. The Labute approximate surface area is 127 Å². The molecule has 9 nitrogen and oxygen atoms in total. The third-order valence-electron chi connectivity index (χ3n) is 3.37. The van der Waals surface area contributed by atoms with Crippen molar-refractivity contribution in [3.63, 3.8) is 0 Å². The Morgan fingerprint density at radius 3 is 2.85 bits per heavy atom. The SMILES string of the molecule is N=C1N=CN=C2N([C@@H]3O[C@H](CO)[C@@H](O)[C@H]3O)C=NC12I. The van der Waals surface area contributed by atoms with Crippen molar-refractivity contribution in [3.8, 4) is 0 Å². The summed E-state index contributed by atoms with van der Waals surface area (Å²) >= 11 is 1.94. The lowest BCUT2D eigenvalue weighted by molar-refractivity contribution is -0.0509. The topological polar surface area (TPSA) is 134 Å². The molecule has 3 aliphatic rings. The number of fused-ring (bicyclic) bond motifs is 1. The van der Waals surface area contributed by atoms with E-state index in [0.717, 1.165) is 0 Å². The van der Waals surface area contributed by atoms with Gasteiger partial charge in [0, 0.05) is 0 Å². The lowest BCUT2D eigenvalue weighted by Gasteiger charge is -2.30. The molecule has 0 bridgehead atoms. The van der Waals surface area contributed by atoms with Gasteiger partial charge in [0.25, 0.3) is 0 Å². The highest BCUT2D eigenvalue weighted by atomic mass is 127. The zero-order chi connectivity index (χ0) is 14.5. The maximum atomic E-state index is 10.0. The van der Waals surface area contributed by atoms with Gasteiger partial charge in [-0.25, -0.2) is 15.0 Å². The van der Waals surface area contributed by atoms with Gasteiger partial charge < -0.3 is 20.1 Å². The van der Waals surface area contributed by atoms with Crippen molar-refractivity contribution in [2.24, 2.45) is 15.0 Å². The van der Waals surface area contributed by atoms with E-state index in [0.29, 0.717) is 5.84 Å². The lowest BCUT2D eigenvalue weighted by Crippen LogP contribution is -2.51. The zero-order valence-electron chi connectivity index (χ0n) is 10.1. The van der Waals surface area contributed by atoms with Gasteiger partial charge in [0.1, 0.15) is 24.7 Å². The second-order valence-corrected chi connectivity index (χ2v) is 6.11. The molecule has 3 rings (SSSR count). The Morgan fingerprint density at radius 2 is 2.20 bits per heavy atom. The molecule has 0 aromatic rings. The number of aliphatic hydroxyl groups is 3. The monoisotopic (exact) mass is 393 g/mol. The molecular weight excluding hydrogens is 381 g/mol. The highest BCUT2D eigenvalue weighted by Gasteiger charge is 2.53. The number of aliphatic hydroxyl groups excluding tert-OH is 3. The minimum Gasteiger partial charge on any atom is -0.394 e. The Morgan fingerprint density at radius 1 is 1.45 bits per heavy atom. The van der Waals surface area contributed by atoms with Crippen LogP contribution < -0.4 is 0 Å². The number of amidine groups is 2. The summed E-state index contributed by atoms with van der Waals surface area (Å²) in [6, 6.07) is 0. The van der Waals surface area contributed by atoms with Gasteiger partial charge in [0.2, 0.25) is 3.55 Å². The van der Waals surface area contributed by atoms with Crippen LogP contribution in [0.2, 0.25) is 0 Å². The van der Waals surface area contributed by atoms with Crippen LogP contribution >= 0.6 is 22.6 Å². The largest absolute Gasteiger partial charge is 0.394 e. The zero-order valence-corrected chi connectivity index (χ0v) is 12.2. The van der Waals surface area contributed by atoms with Crippen molar-refractivity contribution in [3.05, 3.63) is 0 Å². The number of nitrogens with zero attached hydrogens (tertiary/aromatic N) is 4. The normalized spacial score (nSPS) is 43.1. The first kappa shape index (κ1) is 14.0. The molecular formula is C10H12IN5O4. The molecule has 3 aliphatic heterocycles. The number of alkyl halides is 1. The molecule has 1 fully saturated rings. The van der Waals surface area contributed by atoms with Crippen LogP contribution in [0.3, 0.4) is 0 Å². The Kier molecular flexibility index (Phi) is 3.36. The summed E-state index contributed by atoms with van der Waals surface area (Å²) in [6.45, 7) is -0.404. The summed E-state index contributed by atoms with van der Waals surface area (Å²) in [5, 5.41) is 36.7. The third kappa shape index (κ3) is 1.83. The van der Waals surface area contributed by atoms with Gasteiger partial charge in [0.05, 0.1) is 12.9 Å². The van der Waals surface area contributed by atoms with Crippen LogP contribution in [0, 0.1) is 5.41 Å². The fourth-order valence-electron chi connectivity index (χ4n) is 2.27. The number of rotatable bonds is 2. The molecule has 0 spiro atoms. The molecule has 108 valence electrons. The van der Waals surface area contributed by atoms with E-state index in [-0.39, 0.29) is 5.84 Å². The summed E-state index contributed by atoms with van der Waals surface area (Å²) in [5.41, 5.74) is 0. The molecule has 1 saturated heterocycles. The molecule has 10 heteroatoms. The molecule has 0 aromatic heterocycles. The molecule has 0 aliphatic carbocycles. The molecule has 20 heavy (non-hydrogen) atoms. The van der Waals surface area contributed by atoms with Crippen molar-refractivity contribution >= 4 is 46.9 Å². The van der Waals surface area contributed by atoms with Gasteiger partial charge in [-0.1, -0.05) is 0 Å². The van der Waals surface area contributed by atoms with E-state index < -0.39 is 34.7 Å². The first-order chi connectivity index (χ1) is 9.49. The van der Waals surface area contributed by atoms with Crippen LogP contribution in [0.4, 0.5) is 0 Å². The number of nitrogens with one attached hydrogen (secondary N) is 1. The van der Waals surface area contributed by atoms with Gasteiger partial charge in [-0.3, -0.25) is 10.3 Å². The maximum absolute atomic E-state index is 10.0. The Balaban J connectivity index is 1.90. The Hall–Kier alpha value is -0.950. The van der Waals surface area contributed by atoms with E-state index in [1.54, 1.807) is 0 Å². The van der Waals surface area contributed by atoms with Crippen LogP contribution in [0.15, 0.2) is 15.0 Å². The number of halogens is 1. The van der Waals surface area contributed by atoms with Gasteiger partial charge >= 0.3 is 0 Å². The van der Waals surface area contributed by atoms with E-state index in [1.165, 1.54) is 17.6 Å². The lowest BCUT2D eigenvalue weighted by atomic mass is 10.1. The highest BCUT2D eigenvalue weighted by molar-refractivity contribution is 14.1. The van der Waals surface area contributed by atoms with Crippen molar-refractivity contribution in [2.45, 2.75) is 28.1 Å². The predicted molar refractivity (Wildman–Crippen MR) is 78.5 cm³/mol. The average molecular weight is 393 g/mol. The van der Waals surface area contributed by atoms with Crippen LogP contribution in [0.25, 0.3) is 0 Å². The molecule has 1 unspecified atom stereocenters. The fourth-order valence-corrected chi connectivity index (χ4v) is 2.95. The smallest absolute Gasteiger partial charge is 0.228 e. The van der Waals surface area contributed by atoms with Gasteiger partial charge in [-0.05, 0) is 22.6 Å². The van der Waals surface area contributed by atoms with Crippen molar-refractivity contribution in [1.82, 2.24) is 4.90 Å². The fraction of sp³-hybridized carbons (Fsp3) is 0.600. The summed E-state index contributed by atoms with van der Waals surface area (Å²) < 4.78 is 4.39. The molecule has 0 saturated carbocycles. The molecule has 3 heterocycles. The van der Waals surface area contributed by atoms with Crippen molar-refractivity contribution in [1.29, 1.82) is 5.41 Å². The van der Waals surface area contributed by atoms with E-state index in [2.05, 4.69) is 15.0 Å². The van der Waals surface area contributed by atoms with Crippen LogP contribution in [-0.4, -0.2) is 79.3 Å². The first-order valence-corrected chi connectivity index (χ1v) is 6.92. The molecule has 4 N–H and O–H groups in total. The quantitative estimate of drug-likeness (QED) is 0.253. The number of hydrogen-bond donors (Lipinski definition) is 4. The average Bonchev–Trinajstić information content (AvgIpc) is 2.91. The summed E-state index contributed by atoms with van der Waals surface area (Å²) in [5.74, 6) is 0.404. The van der Waals surface area contributed by atoms with Gasteiger partial charge in [0.15, 0.2) is 17.9 Å². The molecule has 0 radical (unpaired) electrons. The van der Waals surface area contributed by atoms with Crippen LogP contribution in [-0.2, 0) is 4.74 Å². The first-order valence-electron chi connectivity index (χ1n) is 5.84. The Bertz CT molecular complexity index is 538. The van der Waals surface area contributed by atoms with E-state index in [1.807, 2.05) is 22.6 Å². The van der Waals surface area contributed by atoms with Crippen LogP contribution in [0.1, 0.15) is 0 Å². The van der Waals surface area contributed by atoms with E-state index in [9.17, 15) is 10.2 Å². The van der Waals surface area contributed by atoms with Crippen molar-refractivity contribution < 1.29 is 20.1 Å². The van der Waals surface area contributed by atoms with Crippen LogP contribution in [0.5, 0.6) is 0 Å². The minimum atomic E-state index is -1.21. The summed E-state index contributed by atoms with van der Waals surface area (Å²) in [6.07, 6.45) is -1.56. The maximum Gasteiger partial charge on any atom is 0.228 e. The number of ether oxygens (including phenoxy) is 1. The van der Waals surface area contributed by atoms with E-state index in [4.69, 9.17) is 15.3 Å². The summed E-state index contributed by atoms with van der Waals surface area (Å²) in [7, 11) is 0. The van der Waals surface area contributed by atoms with Crippen molar-refractivity contribution in [2.75, 3.05) is 6.61 Å². The molecule has 0 aromatic carbocycles. The molecule has 5 atom stereocenters. The minimum absolute atomic E-state index is 0.0218. The predicted octanol–water partition coefficient (Wildman–Crippen LogP) is -1.68. The second-order valence-electron chi connectivity index (χ2n) is 4.55. The molecule has 0 amide bonds. The number of hydrogen-bond acceptors (Lipinski definition) is 8.